The van der Waals surface area contributed by atoms with Crippen molar-refractivity contribution >= 4 is 39.9 Å². The monoisotopic (exact) mass is 412 g/mol. The lowest BCUT2D eigenvalue weighted by molar-refractivity contribution is -0.384. The van der Waals surface area contributed by atoms with Gasteiger partial charge in [-0.3, -0.25) is 24.3 Å². The van der Waals surface area contributed by atoms with E-state index in [1.165, 1.54) is 18.2 Å². The molecule has 0 bridgehead atoms. The van der Waals surface area contributed by atoms with E-state index in [4.69, 9.17) is 0 Å². The average Bonchev–Trinajstić information content (AvgIpc) is 2.72. The summed E-state index contributed by atoms with van der Waals surface area (Å²) in [5, 5.41) is 14.5. The molecule has 150 valence electrons. The van der Waals surface area contributed by atoms with Crippen molar-refractivity contribution in [2.45, 2.75) is 31.5 Å². The summed E-state index contributed by atoms with van der Waals surface area (Å²) in [6.45, 7) is 3.92. The Labute approximate surface area is 171 Å². The topological polar surface area (TPSA) is 107 Å². The summed E-state index contributed by atoms with van der Waals surface area (Å²) < 4.78 is 1.62. The zero-order chi connectivity index (χ0) is 21.0. The minimum atomic E-state index is -0.520. The average molecular weight is 412 g/mol. The molecule has 0 saturated heterocycles. The number of nitrogens with zero attached hydrogens (tertiary/aromatic N) is 3. The van der Waals surface area contributed by atoms with Crippen LogP contribution in [0.25, 0.3) is 10.9 Å². The van der Waals surface area contributed by atoms with Crippen molar-refractivity contribution in [1.82, 2.24) is 9.55 Å². The Hall–Kier alpha value is -3.20. The quantitative estimate of drug-likeness (QED) is 0.272. The Morgan fingerprint density at radius 3 is 2.76 bits per heavy atom. The SMILES string of the molecule is CCC(C)n1c(SCC(=O)Nc2cccc([N+](=O)[O-])c2)nc2ccccc2c1=O. The van der Waals surface area contributed by atoms with E-state index in [0.29, 0.717) is 21.7 Å². The molecule has 8 nitrogen and oxygen atoms in total. The minimum absolute atomic E-state index is 0.0178. The summed E-state index contributed by atoms with van der Waals surface area (Å²) in [4.78, 5) is 40.2. The third-order valence-electron chi connectivity index (χ3n) is 4.48. The standard InChI is InChI=1S/C20H20N4O4S/c1-3-13(2)23-19(26)16-9-4-5-10-17(16)22-20(23)29-12-18(25)21-14-7-6-8-15(11-14)24(27)28/h4-11,13H,3,12H2,1-2H3,(H,21,25). The first-order chi connectivity index (χ1) is 13.9. The lowest BCUT2D eigenvalue weighted by Crippen LogP contribution is -2.26. The zero-order valence-electron chi connectivity index (χ0n) is 16.0. The van der Waals surface area contributed by atoms with E-state index < -0.39 is 4.92 Å². The highest BCUT2D eigenvalue weighted by Crippen LogP contribution is 2.23. The summed E-state index contributed by atoms with van der Waals surface area (Å²) in [7, 11) is 0. The molecule has 0 spiro atoms. The van der Waals surface area contributed by atoms with Crippen LogP contribution >= 0.6 is 11.8 Å². The van der Waals surface area contributed by atoms with Gasteiger partial charge in [-0.25, -0.2) is 4.98 Å². The first kappa shape index (κ1) is 20.5. The van der Waals surface area contributed by atoms with Crippen LogP contribution in [0.15, 0.2) is 58.5 Å². The van der Waals surface area contributed by atoms with Crippen LogP contribution in [-0.4, -0.2) is 26.1 Å². The predicted octanol–water partition coefficient (Wildman–Crippen LogP) is 4.01. The molecule has 0 aliphatic rings. The summed E-state index contributed by atoms with van der Waals surface area (Å²) in [5.41, 5.74) is 0.693. The second-order valence-electron chi connectivity index (χ2n) is 6.49. The molecule has 1 unspecified atom stereocenters. The predicted molar refractivity (Wildman–Crippen MR) is 113 cm³/mol. The van der Waals surface area contributed by atoms with Gasteiger partial charge in [-0.1, -0.05) is 36.9 Å². The maximum atomic E-state index is 12.9. The summed E-state index contributed by atoms with van der Waals surface area (Å²) in [5.74, 6) is -0.321. The van der Waals surface area contributed by atoms with Crippen LogP contribution in [0.3, 0.4) is 0 Å². The molecule has 0 saturated carbocycles. The molecular weight excluding hydrogens is 392 g/mol. The number of fused-ring (bicyclic) bond motifs is 1. The highest BCUT2D eigenvalue weighted by atomic mass is 32.2. The van der Waals surface area contributed by atoms with Crippen molar-refractivity contribution < 1.29 is 9.72 Å². The number of nitro groups is 1. The third kappa shape index (κ3) is 4.62. The number of para-hydroxylation sites is 1. The normalized spacial score (nSPS) is 11.9. The Kier molecular flexibility index (Phi) is 6.28. The van der Waals surface area contributed by atoms with Gasteiger partial charge in [0.25, 0.3) is 11.2 Å². The number of anilines is 1. The van der Waals surface area contributed by atoms with Crippen molar-refractivity contribution in [3.8, 4) is 0 Å². The summed E-state index contributed by atoms with van der Waals surface area (Å²) in [6.07, 6.45) is 0.743. The van der Waals surface area contributed by atoms with Gasteiger partial charge in [0.2, 0.25) is 5.91 Å². The van der Waals surface area contributed by atoms with Crippen LogP contribution < -0.4 is 10.9 Å². The molecule has 0 fully saturated rings. The molecular formula is C20H20N4O4S. The Morgan fingerprint density at radius 2 is 2.03 bits per heavy atom. The number of non-ortho nitro benzene ring substituents is 1. The van der Waals surface area contributed by atoms with Crippen LogP contribution in [0.5, 0.6) is 0 Å². The Morgan fingerprint density at radius 1 is 1.28 bits per heavy atom. The van der Waals surface area contributed by atoms with Crippen molar-refractivity contribution in [3.05, 3.63) is 69.0 Å². The number of amides is 1. The third-order valence-corrected chi connectivity index (χ3v) is 5.43. The van der Waals surface area contributed by atoms with E-state index >= 15 is 0 Å². The molecule has 1 atom stereocenters. The van der Waals surface area contributed by atoms with Crippen molar-refractivity contribution in [2.75, 3.05) is 11.1 Å². The molecule has 1 amide bonds. The highest BCUT2D eigenvalue weighted by molar-refractivity contribution is 7.99. The van der Waals surface area contributed by atoms with Crippen LogP contribution in [0, 0.1) is 10.1 Å². The first-order valence-electron chi connectivity index (χ1n) is 9.09. The number of rotatable bonds is 7. The lowest BCUT2D eigenvalue weighted by Gasteiger charge is -2.18. The van der Waals surface area contributed by atoms with Crippen LogP contribution in [0.1, 0.15) is 26.3 Å². The number of aromatic nitrogens is 2. The van der Waals surface area contributed by atoms with Gasteiger partial charge >= 0.3 is 0 Å². The fourth-order valence-corrected chi connectivity index (χ4v) is 3.72. The number of carbonyl (C=O) groups excluding carboxylic acids is 1. The van der Waals surface area contributed by atoms with Gasteiger partial charge in [-0.2, -0.15) is 0 Å². The number of thioether (sulfide) groups is 1. The fourth-order valence-electron chi connectivity index (χ4n) is 2.82. The van der Waals surface area contributed by atoms with Gasteiger partial charge in [0.05, 0.1) is 21.6 Å². The van der Waals surface area contributed by atoms with Crippen LogP contribution in [-0.2, 0) is 4.79 Å². The van der Waals surface area contributed by atoms with Gasteiger partial charge in [-0.15, -0.1) is 0 Å². The molecule has 1 heterocycles. The molecule has 3 aromatic rings. The van der Waals surface area contributed by atoms with Gasteiger partial charge in [0.15, 0.2) is 5.16 Å². The number of hydrogen-bond acceptors (Lipinski definition) is 6. The highest BCUT2D eigenvalue weighted by Gasteiger charge is 2.17. The second kappa shape index (κ2) is 8.87. The number of nitrogens with one attached hydrogen (secondary N) is 1. The zero-order valence-corrected chi connectivity index (χ0v) is 16.8. The van der Waals surface area contributed by atoms with Crippen LogP contribution in [0.2, 0.25) is 0 Å². The van der Waals surface area contributed by atoms with Crippen molar-refractivity contribution in [1.29, 1.82) is 0 Å². The minimum Gasteiger partial charge on any atom is -0.325 e. The van der Waals surface area contributed by atoms with E-state index in [1.54, 1.807) is 28.8 Å². The molecule has 9 heteroatoms. The number of carbonyl (C=O) groups is 1. The Balaban J connectivity index is 1.82. The van der Waals surface area contributed by atoms with E-state index in [9.17, 15) is 19.7 Å². The number of hydrogen-bond donors (Lipinski definition) is 1. The fraction of sp³-hybridized carbons (Fsp3) is 0.250. The van der Waals surface area contributed by atoms with Crippen molar-refractivity contribution in [3.63, 3.8) is 0 Å². The van der Waals surface area contributed by atoms with Gasteiger partial charge in [-0.05, 0) is 31.5 Å². The number of benzene rings is 2. The van der Waals surface area contributed by atoms with E-state index in [1.807, 2.05) is 19.9 Å². The van der Waals surface area contributed by atoms with Gasteiger partial charge < -0.3 is 5.32 Å². The summed E-state index contributed by atoms with van der Waals surface area (Å²) in [6, 6.07) is 12.8. The lowest BCUT2D eigenvalue weighted by atomic mass is 10.2. The molecule has 1 aromatic heterocycles. The molecule has 0 radical (unpaired) electrons. The maximum absolute atomic E-state index is 12.9. The van der Waals surface area contributed by atoms with Crippen molar-refractivity contribution in [2.24, 2.45) is 0 Å². The maximum Gasteiger partial charge on any atom is 0.271 e. The smallest absolute Gasteiger partial charge is 0.271 e. The number of nitro benzene ring substituents is 1. The Bertz CT molecular complexity index is 1130. The molecule has 0 aliphatic carbocycles. The van der Waals surface area contributed by atoms with E-state index in [0.717, 1.165) is 18.2 Å². The second-order valence-corrected chi connectivity index (χ2v) is 7.43. The van der Waals surface area contributed by atoms with E-state index in [2.05, 4.69) is 10.3 Å². The first-order valence-corrected chi connectivity index (χ1v) is 10.1. The van der Waals surface area contributed by atoms with Gasteiger partial charge in [0.1, 0.15) is 0 Å². The largest absolute Gasteiger partial charge is 0.325 e. The molecule has 2 aromatic carbocycles. The molecule has 29 heavy (non-hydrogen) atoms. The van der Waals surface area contributed by atoms with E-state index in [-0.39, 0.29) is 28.9 Å². The molecule has 0 aliphatic heterocycles. The van der Waals surface area contributed by atoms with Gasteiger partial charge in [0, 0.05) is 23.9 Å². The molecule has 1 N–H and O–H groups in total. The molecule has 3 rings (SSSR count). The summed E-state index contributed by atoms with van der Waals surface area (Å²) >= 11 is 1.16. The van der Waals surface area contributed by atoms with Crippen LogP contribution in [0.4, 0.5) is 11.4 Å².